The molecule has 1 aliphatic rings. The quantitative estimate of drug-likeness (QED) is 0.785. The summed E-state index contributed by atoms with van der Waals surface area (Å²) in [5.41, 5.74) is 0.254. The van der Waals surface area contributed by atoms with Gasteiger partial charge in [-0.05, 0) is 56.0 Å². The summed E-state index contributed by atoms with van der Waals surface area (Å²) in [5.74, 6) is 0. The summed E-state index contributed by atoms with van der Waals surface area (Å²) in [6.45, 7) is 3.74. The van der Waals surface area contributed by atoms with Crippen molar-refractivity contribution in [2.75, 3.05) is 19.6 Å². The molecule has 130 valence electrons. The largest absolute Gasteiger partial charge is 0.385 e. The fourth-order valence-corrected chi connectivity index (χ4v) is 3.58. The van der Waals surface area contributed by atoms with Crippen molar-refractivity contribution in [3.8, 4) is 0 Å². The highest BCUT2D eigenvalue weighted by Gasteiger charge is 2.33. The smallest absolute Gasteiger partial charge is 0.127 e. The molecular weight excluding hydrogens is 345 g/mol. The van der Waals surface area contributed by atoms with Crippen LogP contribution in [0.25, 0.3) is 0 Å². The maximum atomic E-state index is 10.9. The van der Waals surface area contributed by atoms with Crippen molar-refractivity contribution < 1.29 is 5.11 Å². The molecule has 1 fully saturated rings. The Morgan fingerprint density at radius 2 is 1.67 bits per heavy atom. The van der Waals surface area contributed by atoms with Gasteiger partial charge in [0.05, 0.1) is 11.8 Å². The molecule has 0 atom stereocenters. The SMILES string of the molecule is OC1(c2ccc(Cl)cc2)CCN(CCCCn2nccc2Cl)CC1. The molecule has 4 nitrogen and oxygen atoms in total. The fourth-order valence-electron chi connectivity index (χ4n) is 3.27. The number of aliphatic hydroxyl groups is 1. The van der Waals surface area contributed by atoms with Crippen molar-refractivity contribution >= 4 is 23.2 Å². The minimum atomic E-state index is -0.719. The molecule has 0 saturated carbocycles. The fraction of sp³-hybridized carbons (Fsp3) is 0.500. The van der Waals surface area contributed by atoms with E-state index in [1.807, 2.05) is 35.0 Å². The molecule has 0 unspecified atom stereocenters. The Kier molecular flexibility index (Phi) is 5.82. The molecule has 0 aliphatic carbocycles. The van der Waals surface area contributed by atoms with Crippen LogP contribution in [0.2, 0.25) is 10.2 Å². The van der Waals surface area contributed by atoms with E-state index >= 15 is 0 Å². The van der Waals surface area contributed by atoms with E-state index in [9.17, 15) is 5.11 Å². The van der Waals surface area contributed by atoms with Crippen molar-refractivity contribution in [3.63, 3.8) is 0 Å². The van der Waals surface area contributed by atoms with E-state index < -0.39 is 5.60 Å². The number of aromatic nitrogens is 2. The first-order valence-corrected chi connectivity index (χ1v) is 9.20. The maximum Gasteiger partial charge on any atom is 0.127 e. The molecule has 3 rings (SSSR count). The Morgan fingerprint density at radius 3 is 2.29 bits per heavy atom. The number of halogens is 2. The second-order valence-corrected chi connectivity index (χ2v) is 7.29. The molecule has 1 aliphatic heterocycles. The average molecular weight is 368 g/mol. The minimum Gasteiger partial charge on any atom is -0.385 e. The molecule has 0 amide bonds. The number of nitrogens with zero attached hydrogens (tertiary/aromatic N) is 3. The van der Waals surface area contributed by atoms with E-state index in [-0.39, 0.29) is 0 Å². The summed E-state index contributed by atoms with van der Waals surface area (Å²) < 4.78 is 1.83. The second kappa shape index (κ2) is 7.87. The summed E-state index contributed by atoms with van der Waals surface area (Å²) >= 11 is 12.0. The summed E-state index contributed by atoms with van der Waals surface area (Å²) in [6, 6.07) is 9.38. The molecule has 2 heterocycles. The van der Waals surface area contributed by atoms with Crippen LogP contribution in [0, 0.1) is 0 Å². The third-order valence-corrected chi connectivity index (χ3v) is 5.40. The Bertz CT molecular complexity index is 649. The molecule has 1 aromatic carbocycles. The van der Waals surface area contributed by atoms with Crippen LogP contribution >= 0.6 is 23.2 Å². The lowest BCUT2D eigenvalue weighted by molar-refractivity contribution is -0.0261. The molecule has 1 aromatic heterocycles. The van der Waals surface area contributed by atoms with Gasteiger partial charge in [0, 0.05) is 24.7 Å². The lowest BCUT2D eigenvalue weighted by Gasteiger charge is -2.38. The number of aryl methyl sites for hydroxylation is 1. The Hall–Kier alpha value is -1.07. The Labute approximate surface area is 153 Å². The first-order valence-electron chi connectivity index (χ1n) is 8.45. The van der Waals surface area contributed by atoms with E-state index in [0.29, 0.717) is 10.2 Å². The van der Waals surface area contributed by atoms with Crippen LogP contribution in [0.4, 0.5) is 0 Å². The van der Waals surface area contributed by atoms with Gasteiger partial charge in [0.15, 0.2) is 0 Å². The lowest BCUT2D eigenvalue weighted by Crippen LogP contribution is -2.42. The molecule has 0 bridgehead atoms. The third-order valence-electron chi connectivity index (χ3n) is 4.82. The van der Waals surface area contributed by atoms with Crippen LogP contribution in [0.1, 0.15) is 31.2 Å². The molecule has 0 spiro atoms. The number of piperidine rings is 1. The van der Waals surface area contributed by atoms with Gasteiger partial charge in [-0.2, -0.15) is 5.10 Å². The van der Waals surface area contributed by atoms with Crippen molar-refractivity contribution in [2.45, 2.75) is 37.8 Å². The van der Waals surface area contributed by atoms with E-state index in [1.54, 1.807) is 6.20 Å². The first kappa shape index (κ1) is 17.7. The normalized spacial score (nSPS) is 18.0. The van der Waals surface area contributed by atoms with Gasteiger partial charge in [-0.3, -0.25) is 4.68 Å². The van der Waals surface area contributed by atoms with Gasteiger partial charge in [-0.25, -0.2) is 0 Å². The van der Waals surface area contributed by atoms with Gasteiger partial charge < -0.3 is 10.0 Å². The summed E-state index contributed by atoms with van der Waals surface area (Å²) in [6.07, 6.45) is 5.42. The number of likely N-dealkylation sites (tertiary alicyclic amines) is 1. The highest BCUT2D eigenvalue weighted by Crippen LogP contribution is 2.33. The first-order chi connectivity index (χ1) is 11.6. The molecule has 6 heteroatoms. The highest BCUT2D eigenvalue weighted by atomic mass is 35.5. The van der Waals surface area contributed by atoms with Crippen LogP contribution < -0.4 is 0 Å². The van der Waals surface area contributed by atoms with Crippen molar-refractivity contribution in [3.05, 3.63) is 52.3 Å². The van der Waals surface area contributed by atoms with E-state index in [4.69, 9.17) is 23.2 Å². The van der Waals surface area contributed by atoms with Crippen molar-refractivity contribution in [1.82, 2.24) is 14.7 Å². The standard InChI is InChI=1S/C18H23Cl2N3O/c19-16-5-3-15(4-6-16)18(24)8-13-22(14-9-18)11-1-2-12-23-17(20)7-10-21-23/h3-7,10,24H,1-2,8-9,11-14H2. The summed E-state index contributed by atoms with van der Waals surface area (Å²) in [4.78, 5) is 2.43. The summed E-state index contributed by atoms with van der Waals surface area (Å²) in [7, 11) is 0. The van der Waals surface area contributed by atoms with Gasteiger partial charge in [0.25, 0.3) is 0 Å². The zero-order valence-electron chi connectivity index (χ0n) is 13.7. The highest BCUT2D eigenvalue weighted by molar-refractivity contribution is 6.30. The lowest BCUT2D eigenvalue weighted by atomic mass is 9.84. The minimum absolute atomic E-state index is 0.695. The zero-order chi connectivity index (χ0) is 17.0. The van der Waals surface area contributed by atoms with Gasteiger partial charge in [0.1, 0.15) is 5.15 Å². The molecule has 24 heavy (non-hydrogen) atoms. The van der Waals surface area contributed by atoms with Gasteiger partial charge >= 0.3 is 0 Å². The van der Waals surface area contributed by atoms with E-state index in [1.165, 1.54) is 0 Å². The van der Waals surface area contributed by atoms with Crippen LogP contribution in [-0.4, -0.2) is 39.4 Å². The molecule has 2 aromatic rings. The summed E-state index contributed by atoms with van der Waals surface area (Å²) in [5, 5.41) is 16.5. The average Bonchev–Trinajstić information content (AvgIpc) is 2.99. The molecule has 1 N–H and O–H groups in total. The predicted molar refractivity (Wildman–Crippen MR) is 97.5 cm³/mol. The van der Waals surface area contributed by atoms with E-state index in [2.05, 4.69) is 10.00 Å². The number of unbranched alkanes of at least 4 members (excludes halogenated alkanes) is 1. The number of hydrogen-bond donors (Lipinski definition) is 1. The van der Waals surface area contributed by atoms with Gasteiger partial charge in [0.2, 0.25) is 0 Å². The number of rotatable bonds is 6. The van der Waals surface area contributed by atoms with Crippen LogP contribution in [0.15, 0.2) is 36.5 Å². The van der Waals surface area contributed by atoms with E-state index in [0.717, 1.165) is 57.4 Å². The predicted octanol–water partition coefficient (Wildman–Crippen LogP) is 3.95. The topological polar surface area (TPSA) is 41.3 Å². The van der Waals surface area contributed by atoms with Crippen molar-refractivity contribution in [2.24, 2.45) is 0 Å². The number of hydrogen-bond acceptors (Lipinski definition) is 3. The Balaban J connectivity index is 1.42. The Morgan fingerprint density at radius 1 is 1.00 bits per heavy atom. The molecular formula is C18H23Cl2N3O. The van der Waals surface area contributed by atoms with Gasteiger partial charge in [-0.1, -0.05) is 35.3 Å². The maximum absolute atomic E-state index is 10.9. The van der Waals surface area contributed by atoms with Crippen LogP contribution in [0.5, 0.6) is 0 Å². The molecule has 0 radical (unpaired) electrons. The number of benzene rings is 1. The zero-order valence-corrected chi connectivity index (χ0v) is 15.2. The van der Waals surface area contributed by atoms with Gasteiger partial charge in [-0.15, -0.1) is 0 Å². The second-order valence-electron chi connectivity index (χ2n) is 6.46. The van der Waals surface area contributed by atoms with Crippen LogP contribution in [0.3, 0.4) is 0 Å². The van der Waals surface area contributed by atoms with Crippen molar-refractivity contribution in [1.29, 1.82) is 0 Å². The van der Waals surface area contributed by atoms with Crippen LogP contribution in [-0.2, 0) is 12.1 Å². The molecule has 1 saturated heterocycles. The third kappa shape index (κ3) is 4.31. The monoisotopic (exact) mass is 367 g/mol.